The molecule has 0 fully saturated rings. The molecule has 1 heterocycles. The predicted molar refractivity (Wildman–Crippen MR) is 94.1 cm³/mol. The van der Waals surface area contributed by atoms with Crippen molar-refractivity contribution in [3.05, 3.63) is 71.6 Å². The van der Waals surface area contributed by atoms with E-state index in [0.29, 0.717) is 26.9 Å². The van der Waals surface area contributed by atoms with Gasteiger partial charge in [0.15, 0.2) is 0 Å². The molecular weight excluding hydrogens is 430 g/mol. The van der Waals surface area contributed by atoms with Crippen molar-refractivity contribution in [3.63, 3.8) is 0 Å². The molecule has 0 aliphatic heterocycles. The van der Waals surface area contributed by atoms with Crippen molar-refractivity contribution < 1.29 is 4.92 Å². The molecule has 0 saturated carbocycles. The number of benzene rings is 2. The van der Waals surface area contributed by atoms with Crippen molar-refractivity contribution in [1.82, 2.24) is 9.55 Å². The molecule has 3 aromatic rings. The Labute approximate surface area is 147 Å². The van der Waals surface area contributed by atoms with Crippen molar-refractivity contribution in [2.75, 3.05) is 0 Å². The number of hydrogen-bond donors (Lipinski definition) is 0. The van der Waals surface area contributed by atoms with E-state index in [1.807, 2.05) is 6.07 Å². The van der Waals surface area contributed by atoms with Gasteiger partial charge in [0.25, 0.3) is 11.2 Å². The normalized spacial score (nSPS) is 10.9. The Morgan fingerprint density at radius 2 is 1.96 bits per heavy atom. The van der Waals surface area contributed by atoms with Crippen molar-refractivity contribution >= 4 is 48.5 Å². The van der Waals surface area contributed by atoms with Gasteiger partial charge in [0.2, 0.25) is 0 Å². The Kier molecular flexibility index (Phi) is 4.03. The Morgan fingerprint density at radius 3 is 2.65 bits per heavy atom. The molecule has 0 saturated heterocycles. The molecule has 0 radical (unpaired) electrons. The van der Waals surface area contributed by atoms with Crippen molar-refractivity contribution in [2.45, 2.75) is 6.92 Å². The van der Waals surface area contributed by atoms with Crippen LogP contribution >= 0.6 is 31.9 Å². The van der Waals surface area contributed by atoms with Crippen molar-refractivity contribution in [2.24, 2.45) is 0 Å². The number of aryl methyl sites for hydroxylation is 1. The average Bonchev–Trinajstić information content (AvgIpc) is 2.49. The van der Waals surface area contributed by atoms with E-state index in [-0.39, 0.29) is 11.2 Å². The smallest absolute Gasteiger partial charge is 0.268 e. The molecule has 3 rings (SSSR count). The van der Waals surface area contributed by atoms with E-state index in [4.69, 9.17) is 0 Å². The van der Waals surface area contributed by atoms with Gasteiger partial charge >= 0.3 is 0 Å². The minimum absolute atomic E-state index is 0.0793. The molecule has 23 heavy (non-hydrogen) atoms. The molecule has 0 amide bonds. The first-order valence-corrected chi connectivity index (χ1v) is 8.10. The lowest BCUT2D eigenvalue weighted by molar-refractivity contribution is -0.384. The average molecular weight is 439 g/mol. The maximum atomic E-state index is 12.8. The quantitative estimate of drug-likeness (QED) is 0.445. The Hall–Kier alpha value is -2.06. The second-order valence-electron chi connectivity index (χ2n) is 4.86. The van der Waals surface area contributed by atoms with Crippen LogP contribution in [0.4, 0.5) is 5.69 Å². The topological polar surface area (TPSA) is 78.0 Å². The van der Waals surface area contributed by atoms with Gasteiger partial charge in [0.05, 0.1) is 21.5 Å². The lowest BCUT2D eigenvalue weighted by Crippen LogP contribution is -2.22. The molecule has 0 unspecified atom stereocenters. The van der Waals surface area contributed by atoms with Crippen molar-refractivity contribution in [1.29, 1.82) is 0 Å². The van der Waals surface area contributed by atoms with Gasteiger partial charge in [-0.1, -0.05) is 22.0 Å². The molecule has 0 aliphatic rings. The Morgan fingerprint density at radius 1 is 1.22 bits per heavy atom. The summed E-state index contributed by atoms with van der Waals surface area (Å²) in [6, 6.07) is 9.41. The fraction of sp³-hybridized carbons (Fsp3) is 0.0667. The van der Waals surface area contributed by atoms with Gasteiger partial charge in [-0.05, 0) is 41.1 Å². The molecular formula is C15H9Br2N3O3. The van der Waals surface area contributed by atoms with Crippen LogP contribution in [-0.2, 0) is 0 Å². The van der Waals surface area contributed by atoms with Crippen LogP contribution in [0.3, 0.4) is 0 Å². The summed E-state index contributed by atoms with van der Waals surface area (Å²) in [5, 5.41) is 11.4. The maximum Gasteiger partial charge on any atom is 0.271 e. The van der Waals surface area contributed by atoms with Crippen LogP contribution in [0.5, 0.6) is 0 Å². The summed E-state index contributed by atoms with van der Waals surface area (Å²) in [5.41, 5.74) is 0.601. The number of hydrogen-bond acceptors (Lipinski definition) is 4. The summed E-state index contributed by atoms with van der Waals surface area (Å²) in [7, 11) is 0. The highest BCUT2D eigenvalue weighted by Crippen LogP contribution is 2.26. The number of aromatic nitrogens is 2. The molecule has 8 heteroatoms. The van der Waals surface area contributed by atoms with Crippen LogP contribution in [0.2, 0.25) is 0 Å². The first-order valence-electron chi connectivity index (χ1n) is 6.51. The van der Waals surface area contributed by atoms with E-state index in [1.54, 1.807) is 25.1 Å². The van der Waals surface area contributed by atoms with Crippen LogP contribution in [0, 0.1) is 17.0 Å². The fourth-order valence-electron chi connectivity index (χ4n) is 2.37. The van der Waals surface area contributed by atoms with Crippen LogP contribution in [0.15, 0.2) is 50.1 Å². The third kappa shape index (κ3) is 2.79. The zero-order valence-corrected chi connectivity index (χ0v) is 15.0. The number of rotatable bonds is 2. The number of halogens is 2. The number of nitro groups is 1. The minimum atomic E-state index is -0.495. The number of nitrogens with zero attached hydrogens (tertiary/aromatic N) is 3. The summed E-state index contributed by atoms with van der Waals surface area (Å²) in [5.74, 6) is 0.450. The number of fused-ring (bicyclic) bond motifs is 1. The summed E-state index contributed by atoms with van der Waals surface area (Å²) >= 11 is 6.75. The van der Waals surface area contributed by atoms with Gasteiger partial charge in [-0.3, -0.25) is 19.5 Å². The highest BCUT2D eigenvalue weighted by atomic mass is 79.9. The van der Waals surface area contributed by atoms with Crippen LogP contribution < -0.4 is 5.56 Å². The number of nitro benzene ring substituents is 1. The van der Waals surface area contributed by atoms with E-state index in [1.165, 1.54) is 16.7 Å². The van der Waals surface area contributed by atoms with Gasteiger partial charge in [0.1, 0.15) is 5.82 Å². The monoisotopic (exact) mass is 437 g/mol. The summed E-state index contributed by atoms with van der Waals surface area (Å²) in [6.07, 6.45) is 0. The van der Waals surface area contributed by atoms with Crippen molar-refractivity contribution in [3.8, 4) is 5.69 Å². The van der Waals surface area contributed by atoms with Gasteiger partial charge < -0.3 is 0 Å². The molecule has 0 N–H and O–H groups in total. The molecule has 116 valence electrons. The second kappa shape index (κ2) is 5.86. The van der Waals surface area contributed by atoms with E-state index >= 15 is 0 Å². The predicted octanol–water partition coefficient (Wildman–Crippen LogP) is 4.13. The standard InChI is InChI=1S/C15H9Br2N3O3/c1-8-18-14-12(5-9(16)6-13(14)17)15(21)19(8)10-3-2-4-11(7-10)20(22)23/h2-7H,1H3. The first kappa shape index (κ1) is 15.8. The first-order chi connectivity index (χ1) is 10.9. The van der Waals surface area contributed by atoms with E-state index in [9.17, 15) is 14.9 Å². The van der Waals surface area contributed by atoms with Gasteiger partial charge in [-0.2, -0.15) is 0 Å². The largest absolute Gasteiger partial charge is 0.271 e. The highest BCUT2D eigenvalue weighted by molar-refractivity contribution is 9.11. The number of non-ortho nitro benzene ring substituents is 1. The molecule has 6 nitrogen and oxygen atoms in total. The van der Waals surface area contributed by atoms with Crippen LogP contribution in [0.25, 0.3) is 16.6 Å². The summed E-state index contributed by atoms with van der Waals surface area (Å²) < 4.78 is 2.81. The van der Waals surface area contributed by atoms with E-state index in [0.717, 1.165) is 4.47 Å². The summed E-state index contributed by atoms with van der Waals surface area (Å²) in [4.78, 5) is 27.8. The molecule has 0 atom stereocenters. The zero-order chi connectivity index (χ0) is 16.7. The lowest BCUT2D eigenvalue weighted by Gasteiger charge is -2.11. The van der Waals surface area contributed by atoms with Gasteiger partial charge in [-0.25, -0.2) is 4.98 Å². The highest BCUT2D eigenvalue weighted by Gasteiger charge is 2.15. The molecule has 2 aromatic carbocycles. The SMILES string of the molecule is Cc1nc2c(Br)cc(Br)cc2c(=O)n1-c1cccc([N+](=O)[O-])c1. The third-order valence-corrected chi connectivity index (χ3v) is 4.42. The maximum absolute atomic E-state index is 12.8. The van der Waals surface area contributed by atoms with E-state index in [2.05, 4.69) is 36.8 Å². The van der Waals surface area contributed by atoms with Crippen LogP contribution in [-0.4, -0.2) is 14.5 Å². The van der Waals surface area contributed by atoms with Crippen LogP contribution in [0.1, 0.15) is 5.82 Å². The summed E-state index contributed by atoms with van der Waals surface area (Å²) in [6.45, 7) is 1.69. The lowest BCUT2D eigenvalue weighted by atomic mass is 10.2. The molecule has 1 aromatic heterocycles. The zero-order valence-electron chi connectivity index (χ0n) is 11.8. The van der Waals surface area contributed by atoms with E-state index < -0.39 is 4.92 Å². The second-order valence-corrected chi connectivity index (χ2v) is 6.63. The molecule has 0 bridgehead atoms. The molecule has 0 spiro atoms. The Balaban J connectivity index is 2.37. The minimum Gasteiger partial charge on any atom is -0.268 e. The van der Waals surface area contributed by atoms with Gasteiger partial charge in [0, 0.05) is 21.1 Å². The van der Waals surface area contributed by atoms with Gasteiger partial charge in [-0.15, -0.1) is 0 Å². The third-order valence-electron chi connectivity index (χ3n) is 3.36. The fourth-order valence-corrected chi connectivity index (χ4v) is 3.69. The Bertz CT molecular complexity index is 1010. The molecule has 0 aliphatic carbocycles.